The number of hydrogen-bond donors (Lipinski definition) is 1. The fourth-order valence-corrected chi connectivity index (χ4v) is 1.31. The van der Waals surface area contributed by atoms with Crippen LogP contribution in [0.1, 0.15) is 20.8 Å². The third kappa shape index (κ3) is 3.37. The molecule has 2 heteroatoms. The predicted octanol–water partition coefficient (Wildman–Crippen LogP) is 1.48. The zero-order valence-corrected chi connectivity index (χ0v) is 8.59. The van der Waals surface area contributed by atoms with Crippen molar-refractivity contribution in [1.29, 1.82) is 0 Å². The molecular weight excluding hydrogens is 148 g/mol. The maximum Gasteiger partial charge on any atom is 0.0163 e. The molecule has 0 aromatic carbocycles. The van der Waals surface area contributed by atoms with E-state index < -0.39 is 0 Å². The molecule has 0 heterocycles. The Hall–Kier alpha value is -0.340. The molecule has 12 heavy (non-hydrogen) atoms. The lowest BCUT2D eigenvalue weighted by Gasteiger charge is -2.30. The Kier molecular flexibility index (Phi) is 6.03. The van der Waals surface area contributed by atoms with E-state index in [2.05, 4.69) is 32.3 Å². The van der Waals surface area contributed by atoms with Gasteiger partial charge in [-0.1, -0.05) is 19.9 Å². The summed E-state index contributed by atoms with van der Waals surface area (Å²) in [5, 5.41) is 0. The minimum absolute atomic E-state index is 0.554. The Morgan fingerprint density at radius 3 is 2.42 bits per heavy atom. The molecule has 0 saturated carbocycles. The molecule has 2 nitrogen and oxygen atoms in total. The van der Waals surface area contributed by atoms with Crippen LogP contribution in [0.5, 0.6) is 0 Å². The van der Waals surface area contributed by atoms with Gasteiger partial charge in [-0.3, -0.25) is 4.90 Å². The van der Waals surface area contributed by atoms with Crippen LogP contribution in [-0.2, 0) is 0 Å². The van der Waals surface area contributed by atoms with Crippen molar-refractivity contribution in [2.45, 2.75) is 26.8 Å². The number of rotatable bonds is 6. The number of hydrogen-bond acceptors (Lipinski definition) is 2. The van der Waals surface area contributed by atoms with E-state index in [1.165, 1.54) is 0 Å². The molecule has 2 unspecified atom stereocenters. The summed E-state index contributed by atoms with van der Waals surface area (Å²) in [7, 11) is 0. The van der Waals surface area contributed by atoms with Crippen LogP contribution in [0, 0.1) is 5.92 Å². The van der Waals surface area contributed by atoms with Crippen LogP contribution in [0.3, 0.4) is 0 Å². The van der Waals surface area contributed by atoms with Crippen molar-refractivity contribution in [2.24, 2.45) is 11.7 Å². The molecule has 2 N–H and O–H groups in total. The molecule has 0 rings (SSSR count). The molecule has 0 aliphatic heterocycles. The summed E-state index contributed by atoms with van der Waals surface area (Å²) < 4.78 is 0. The van der Waals surface area contributed by atoms with Gasteiger partial charge in [-0.2, -0.15) is 0 Å². The smallest absolute Gasteiger partial charge is 0.0163 e. The van der Waals surface area contributed by atoms with Crippen molar-refractivity contribution in [3.05, 3.63) is 12.7 Å². The lowest BCUT2D eigenvalue weighted by molar-refractivity contribution is 0.190. The van der Waals surface area contributed by atoms with E-state index in [0.717, 1.165) is 19.6 Å². The lowest BCUT2D eigenvalue weighted by atomic mass is 10.0. The van der Waals surface area contributed by atoms with E-state index in [1.807, 2.05) is 6.08 Å². The van der Waals surface area contributed by atoms with Crippen molar-refractivity contribution in [3.8, 4) is 0 Å². The first kappa shape index (κ1) is 11.7. The van der Waals surface area contributed by atoms with E-state index in [-0.39, 0.29) is 0 Å². The van der Waals surface area contributed by atoms with Gasteiger partial charge < -0.3 is 5.73 Å². The van der Waals surface area contributed by atoms with Gasteiger partial charge in [0.15, 0.2) is 0 Å². The molecule has 0 aliphatic rings. The van der Waals surface area contributed by atoms with E-state index in [9.17, 15) is 0 Å². The van der Waals surface area contributed by atoms with Crippen LogP contribution in [0.25, 0.3) is 0 Å². The molecule has 0 amide bonds. The predicted molar refractivity (Wildman–Crippen MR) is 55.1 cm³/mol. The maximum atomic E-state index is 5.61. The molecule has 2 atom stereocenters. The first-order valence-corrected chi connectivity index (χ1v) is 4.72. The van der Waals surface area contributed by atoms with Gasteiger partial charge in [-0.15, -0.1) is 6.58 Å². The Balaban J connectivity index is 3.99. The van der Waals surface area contributed by atoms with Gasteiger partial charge in [0.1, 0.15) is 0 Å². The van der Waals surface area contributed by atoms with Crippen LogP contribution in [0.15, 0.2) is 12.7 Å². The van der Waals surface area contributed by atoms with Crippen molar-refractivity contribution in [2.75, 3.05) is 19.6 Å². The summed E-state index contributed by atoms with van der Waals surface area (Å²) in [4.78, 5) is 2.38. The molecule has 0 aromatic rings. The van der Waals surface area contributed by atoms with Crippen molar-refractivity contribution in [1.82, 2.24) is 4.90 Å². The van der Waals surface area contributed by atoms with Crippen LogP contribution in [0.2, 0.25) is 0 Å². The summed E-state index contributed by atoms with van der Waals surface area (Å²) in [6, 6.07) is 0.554. The highest BCUT2D eigenvalue weighted by atomic mass is 15.1. The summed E-state index contributed by atoms with van der Waals surface area (Å²) >= 11 is 0. The highest BCUT2D eigenvalue weighted by Gasteiger charge is 2.15. The van der Waals surface area contributed by atoms with Gasteiger partial charge in [-0.05, 0) is 25.9 Å². The fourth-order valence-electron chi connectivity index (χ4n) is 1.31. The highest BCUT2D eigenvalue weighted by Crippen LogP contribution is 2.08. The zero-order valence-electron chi connectivity index (χ0n) is 8.59. The summed E-state index contributed by atoms with van der Waals surface area (Å²) in [5.41, 5.74) is 5.61. The average molecular weight is 170 g/mol. The topological polar surface area (TPSA) is 29.3 Å². The van der Waals surface area contributed by atoms with Crippen molar-refractivity contribution < 1.29 is 0 Å². The number of nitrogens with zero attached hydrogens (tertiary/aromatic N) is 1. The molecular formula is C10H22N2. The second-order valence-corrected chi connectivity index (χ2v) is 3.33. The first-order chi connectivity index (χ1) is 5.67. The molecule has 0 radical (unpaired) electrons. The third-order valence-corrected chi connectivity index (χ3v) is 2.54. The van der Waals surface area contributed by atoms with E-state index in [0.29, 0.717) is 12.0 Å². The summed E-state index contributed by atoms with van der Waals surface area (Å²) in [6.07, 6.45) is 1.95. The van der Waals surface area contributed by atoms with Gasteiger partial charge in [0, 0.05) is 12.6 Å². The standard InChI is InChI=1S/C10H22N2/c1-5-7-12(6-2)10(4)9(3)8-11/h5,9-10H,1,6-8,11H2,2-4H3. The van der Waals surface area contributed by atoms with Gasteiger partial charge in [0.2, 0.25) is 0 Å². The average Bonchev–Trinajstić information content (AvgIpc) is 2.11. The van der Waals surface area contributed by atoms with Crippen LogP contribution >= 0.6 is 0 Å². The summed E-state index contributed by atoms with van der Waals surface area (Å²) in [5.74, 6) is 0.560. The number of nitrogens with two attached hydrogens (primary N) is 1. The normalized spacial score (nSPS) is 16.1. The second-order valence-electron chi connectivity index (χ2n) is 3.33. The quantitative estimate of drug-likeness (QED) is 0.612. The first-order valence-electron chi connectivity index (χ1n) is 4.72. The molecule has 0 fully saturated rings. The van der Waals surface area contributed by atoms with Gasteiger partial charge in [0.25, 0.3) is 0 Å². The van der Waals surface area contributed by atoms with Crippen molar-refractivity contribution >= 4 is 0 Å². The molecule has 0 bridgehead atoms. The monoisotopic (exact) mass is 170 g/mol. The van der Waals surface area contributed by atoms with Crippen molar-refractivity contribution in [3.63, 3.8) is 0 Å². The minimum Gasteiger partial charge on any atom is -0.330 e. The highest BCUT2D eigenvalue weighted by molar-refractivity contribution is 4.79. The van der Waals surface area contributed by atoms with Gasteiger partial charge >= 0.3 is 0 Å². The number of likely N-dealkylation sites (N-methyl/N-ethyl adjacent to an activating group) is 1. The Bertz CT molecular complexity index is 123. The van der Waals surface area contributed by atoms with Crippen LogP contribution in [0.4, 0.5) is 0 Å². The zero-order chi connectivity index (χ0) is 9.56. The third-order valence-electron chi connectivity index (χ3n) is 2.54. The molecule has 0 spiro atoms. The fraction of sp³-hybridized carbons (Fsp3) is 0.800. The van der Waals surface area contributed by atoms with Gasteiger partial charge in [0.05, 0.1) is 0 Å². The van der Waals surface area contributed by atoms with E-state index in [1.54, 1.807) is 0 Å². The molecule has 72 valence electrons. The summed E-state index contributed by atoms with van der Waals surface area (Å²) in [6.45, 7) is 13.1. The molecule has 0 aromatic heterocycles. The molecule has 0 saturated heterocycles. The van der Waals surface area contributed by atoms with E-state index in [4.69, 9.17) is 5.73 Å². The van der Waals surface area contributed by atoms with E-state index >= 15 is 0 Å². The maximum absolute atomic E-state index is 5.61. The lowest BCUT2D eigenvalue weighted by Crippen LogP contribution is -2.40. The van der Waals surface area contributed by atoms with Crippen LogP contribution < -0.4 is 5.73 Å². The molecule has 0 aliphatic carbocycles. The largest absolute Gasteiger partial charge is 0.330 e. The Labute approximate surface area is 76.4 Å². The minimum atomic E-state index is 0.554. The van der Waals surface area contributed by atoms with Crippen LogP contribution in [-0.4, -0.2) is 30.6 Å². The second kappa shape index (κ2) is 6.21. The van der Waals surface area contributed by atoms with Gasteiger partial charge in [-0.25, -0.2) is 0 Å². The Morgan fingerprint density at radius 1 is 1.50 bits per heavy atom. The Morgan fingerprint density at radius 2 is 2.08 bits per heavy atom. The SMILES string of the molecule is C=CCN(CC)C(C)C(C)CN.